The highest BCUT2D eigenvalue weighted by Crippen LogP contribution is 2.30. The Balaban J connectivity index is 1.85. The molecule has 0 saturated carbocycles. The molecular formula is C14H13ClN4O2. The molecular weight excluding hydrogens is 292 g/mol. The number of fused-ring (bicyclic) bond motifs is 1. The van der Waals surface area contributed by atoms with Gasteiger partial charge in [-0.2, -0.15) is 0 Å². The van der Waals surface area contributed by atoms with Crippen LogP contribution in [0.5, 0.6) is 0 Å². The van der Waals surface area contributed by atoms with Gasteiger partial charge in [0.05, 0.1) is 9.95 Å². The number of aromatic nitrogens is 1. The number of benzene rings is 1. The second-order valence-electron chi connectivity index (χ2n) is 4.81. The zero-order chi connectivity index (χ0) is 14.8. The van der Waals surface area contributed by atoms with Gasteiger partial charge in [0, 0.05) is 24.0 Å². The summed E-state index contributed by atoms with van der Waals surface area (Å²) in [5, 5.41) is 17.3. The number of halogens is 1. The summed E-state index contributed by atoms with van der Waals surface area (Å²) in [7, 11) is 0. The lowest BCUT2D eigenvalue weighted by atomic mass is 10.0. The van der Waals surface area contributed by atoms with Gasteiger partial charge in [-0.15, -0.1) is 0 Å². The van der Waals surface area contributed by atoms with Crippen molar-refractivity contribution in [1.29, 1.82) is 0 Å². The summed E-state index contributed by atoms with van der Waals surface area (Å²) in [4.78, 5) is 14.1. The number of hydrogen-bond donors (Lipinski definition) is 2. The summed E-state index contributed by atoms with van der Waals surface area (Å²) in [5.41, 5.74) is 3.12. The fraction of sp³-hybridized carbons (Fsp3) is 0.214. The molecule has 0 spiro atoms. The van der Waals surface area contributed by atoms with Crippen molar-refractivity contribution >= 4 is 34.5 Å². The second kappa shape index (κ2) is 5.57. The number of nitrogens with one attached hydrogen (secondary N) is 2. The molecule has 2 aromatic rings. The van der Waals surface area contributed by atoms with E-state index in [9.17, 15) is 10.1 Å². The van der Waals surface area contributed by atoms with Crippen LogP contribution in [0.2, 0.25) is 5.02 Å². The van der Waals surface area contributed by atoms with Gasteiger partial charge in [-0.05, 0) is 36.6 Å². The maximum atomic E-state index is 10.7. The van der Waals surface area contributed by atoms with Crippen molar-refractivity contribution in [2.24, 2.45) is 0 Å². The number of anilines is 3. The van der Waals surface area contributed by atoms with E-state index in [1.807, 2.05) is 18.2 Å². The maximum Gasteiger partial charge on any atom is 0.289 e. The number of aryl methyl sites for hydroxylation is 1. The molecule has 0 bridgehead atoms. The molecule has 1 aliphatic heterocycles. The maximum absolute atomic E-state index is 10.7. The smallest absolute Gasteiger partial charge is 0.289 e. The molecule has 0 unspecified atom stereocenters. The van der Waals surface area contributed by atoms with E-state index >= 15 is 0 Å². The molecule has 0 fully saturated rings. The Morgan fingerprint density at radius 3 is 3.00 bits per heavy atom. The highest BCUT2D eigenvalue weighted by Gasteiger charge is 2.12. The lowest BCUT2D eigenvalue weighted by Gasteiger charge is -2.19. The number of nitrogens with zero attached hydrogens (tertiary/aromatic N) is 2. The van der Waals surface area contributed by atoms with Gasteiger partial charge in [-0.3, -0.25) is 10.1 Å². The monoisotopic (exact) mass is 304 g/mol. The van der Waals surface area contributed by atoms with E-state index < -0.39 is 4.92 Å². The SMILES string of the molecule is O=[N+]([O-])c1cnc(Nc2ccc3c(c2)CCCN3)c(Cl)c1. The van der Waals surface area contributed by atoms with Gasteiger partial charge in [-0.1, -0.05) is 11.6 Å². The van der Waals surface area contributed by atoms with E-state index in [-0.39, 0.29) is 10.7 Å². The average Bonchev–Trinajstić information content (AvgIpc) is 2.49. The Morgan fingerprint density at radius 2 is 2.24 bits per heavy atom. The molecule has 7 heteroatoms. The first-order valence-electron chi connectivity index (χ1n) is 6.57. The van der Waals surface area contributed by atoms with Crippen molar-refractivity contribution in [2.45, 2.75) is 12.8 Å². The van der Waals surface area contributed by atoms with Crippen molar-refractivity contribution in [3.63, 3.8) is 0 Å². The Kier molecular flexibility index (Phi) is 3.62. The largest absolute Gasteiger partial charge is 0.385 e. The first-order valence-corrected chi connectivity index (χ1v) is 6.95. The van der Waals surface area contributed by atoms with Gasteiger partial charge in [0.1, 0.15) is 12.0 Å². The fourth-order valence-electron chi connectivity index (χ4n) is 2.31. The average molecular weight is 305 g/mol. The fourth-order valence-corrected chi connectivity index (χ4v) is 2.52. The molecule has 3 rings (SSSR count). The molecule has 2 heterocycles. The zero-order valence-corrected chi connectivity index (χ0v) is 11.9. The molecule has 2 N–H and O–H groups in total. The molecule has 0 saturated heterocycles. The van der Waals surface area contributed by atoms with Crippen molar-refractivity contribution in [2.75, 3.05) is 17.2 Å². The minimum absolute atomic E-state index is 0.125. The van der Waals surface area contributed by atoms with Gasteiger partial charge < -0.3 is 10.6 Å². The first-order chi connectivity index (χ1) is 10.1. The Labute approximate surface area is 126 Å². The minimum Gasteiger partial charge on any atom is -0.385 e. The molecule has 6 nitrogen and oxygen atoms in total. The number of nitro groups is 1. The topological polar surface area (TPSA) is 80.1 Å². The molecule has 0 amide bonds. The summed E-state index contributed by atoms with van der Waals surface area (Å²) in [6, 6.07) is 7.27. The van der Waals surface area contributed by atoms with Gasteiger partial charge in [0.25, 0.3) is 5.69 Å². The number of hydrogen-bond acceptors (Lipinski definition) is 5. The zero-order valence-electron chi connectivity index (χ0n) is 11.1. The summed E-state index contributed by atoms with van der Waals surface area (Å²) >= 11 is 6.02. The van der Waals surface area contributed by atoms with E-state index in [0.717, 1.165) is 30.8 Å². The van der Waals surface area contributed by atoms with E-state index in [1.165, 1.54) is 17.8 Å². The van der Waals surface area contributed by atoms with Crippen LogP contribution in [-0.4, -0.2) is 16.5 Å². The standard InChI is InChI=1S/C14H13ClN4O2/c15-12-7-11(19(20)21)8-17-14(12)18-10-3-4-13-9(6-10)2-1-5-16-13/h3-4,6-8,16H,1-2,5H2,(H,17,18). The van der Waals surface area contributed by atoms with Crippen LogP contribution in [0.3, 0.4) is 0 Å². The van der Waals surface area contributed by atoms with Crippen molar-refractivity contribution in [3.05, 3.63) is 51.2 Å². The Bertz CT molecular complexity index is 705. The van der Waals surface area contributed by atoms with Crippen LogP contribution >= 0.6 is 11.6 Å². The van der Waals surface area contributed by atoms with Crippen molar-refractivity contribution in [3.8, 4) is 0 Å². The van der Waals surface area contributed by atoms with Gasteiger partial charge in [-0.25, -0.2) is 4.98 Å². The lowest BCUT2D eigenvalue weighted by molar-refractivity contribution is -0.385. The highest BCUT2D eigenvalue weighted by atomic mass is 35.5. The molecule has 1 aromatic carbocycles. The van der Waals surface area contributed by atoms with Crippen LogP contribution in [-0.2, 0) is 6.42 Å². The lowest BCUT2D eigenvalue weighted by Crippen LogP contribution is -2.11. The number of pyridine rings is 1. The molecule has 108 valence electrons. The normalized spacial score (nSPS) is 13.2. The second-order valence-corrected chi connectivity index (χ2v) is 5.22. The number of rotatable bonds is 3. The molecule has 1 aliphatic rings. The van der Waals surface area contributed by atoms with E-state index in [2.05, 4.69) is 15.6 Å². The predicted molar refractivity (Wildman–Crippen MR) is 82.4 cm³/mol. The molecule has 21 heavy (non-hydrogen) atoms. The summed E-state index contributed by atoms with van der Waals surface area (Å²) < 4.78 is 0. The summed E-state index contributed by atoms with van der Waals surface area (Å²) in [6.07, 6.45) is 3.32. The quantitative estimate of drug-likeness (QED) is 0.667. The molecule has 1 aromatic heterocycles. The molecule has 0 atom stereocenters. The Hall–Kier alpha value is -2.34. The molecule has 0 aliphatic carbocycles. The van der Waals surface area contributed by atoms with Gasteiger partial charge in [0.2, 0.25) is 0 Å². The highest BCUT2D eigenvalue weighted by molar-refractivity contribution is 6.33. The van der Waals surface area contributed by atoms with Gasteiger partial charge >= 0.3 is 0 Å². The molecule has 0 radical (unpaired) electrons. The third kappa shape index (κ3) is 2.90. The van der Waals surface area contributed by atoms with Crippen LogP contribution in [0.4, 0.5) is 22.9 Å². The van der Waals surface area contributed by atoms with Crippen LogP contribution < -0.4 is 10.6 Å². The van der Waals surface area contributed by atoms with Crippen molar-refractivity contribution < 1.29 is 4.92 Å². The predicted octanol–water partition coefficient (Wildman–Crippen LogP) is 3.74. The van der Waals surface area contributed by atoms with E-state index in [0.29, 0.717) is 5.82 Å². The third-order valence-corrected chi connectivity index (χ3v) is 3.63. The van der Waals surface area contributed by atoms with Crippen LogP contribution in [0.15, 0.2) is 30.5 Å². The van der Waals surface area contributed by atoms with Crippen LogP contribution in [0, 0.1) is 10.1 Å². The summed E-state index contributed by atoms with van der Waals surface area (Å²) in [6.45, 7) is 0.996. The van der Waals surface area contributed by atoms with E-state index in [1.54, 1.807) is 0 Å². The first kappa shape index (κ1) is 13.6. The Morgan fingerprint density at radius 1 is 1.38 bits per heavy atom. The van der Waals surface area contributed by atoms with E-state index in [4.69, 9.17) is 11.6 Å². The van der Waals surface area contributed by atoms with Crippen LogP contribution in [0.25, 0.3) is 0 Å². The van der Waals surface area contributed by atoms with Crippen molar-refractivity contribution in [1.82, 2.24) is 4.98 Å². The summed E-state index contributed by atoms with van der Waals surface area (Å²) in [5.74, 6) is 0.408. The van der Waals surface area contributed by atoms with Crippen LogP contribution in [0.1, 0.15) is 12.0 Å². The van der Waals surface area contributed by atoms with Gasteiger partial charge in [0.15, 0.2) is 0 Å². The third-order valence-electron chi connectivity index (χ3n) is 3.34. The minimum atomic E-state index is -0.521.